The van der Waals surface area contributed by atoms with Gasteiger partial charge in [-0.15, -0.1) is 0 Å². The number of hydrogen-bond donors (Lipinski definition) is 0. The maximum Gasteiger partial charge on any atom is 0.0509 e. The fourth-order valence-corrected chi connectivity index (χ4v) is 9.22. The summed E-state index contributed by atoms with van der Waals surface area (Å²) in [6.45, 7) is 8.72. The minimum Gasteiger partial charge on any atom is -0.344 e. The van der Waals surface area contributed by atoms with Crippen molar-refractivity contribution in [3.05, 3.63) is 180 Å². The van der Waals surface area contributed by atoms with Crippen LogP contribution in [-0.4, -0.2) is 14.1 Å². The number of fused-ring (bicyclic) bond motifs is 4. The molecule has 0 spiro atoms. The summed E-state index contributed by atoms with van der Waals surface area (Å²) in [6, 6.07) is 58.2. The predicted molar refractivity (Wildman–Crippen MR) is 239 cm³/mol. The molecule has 0 N–H and O–H groups in total. The number of hydrogen-bond acceptors (Lipinski definition) is 4. The lowest BCUT2D eigenvalue weighted by atomic mass is 9.84. The van der Waals surface area contributed by atoms with Crippen LogP contribution in [0, 0.1) is 27.7 Å². The van der Waals surface area contributed by atoms with E-state index in [0.717, 1.165) is 28.4 Å². The Kier molecular flexibility index (Phi) is 7.79. The van der Waals surface area contributed by atoms with Gasteiger partial charge in [0.2, 0.25) is 0 Å². The first kappa shape index (κ1) is 33.8. The van der Waals surface area contributed by atoms with Crippen LogP contribution in [-0.2, 0) is 0 Å². The van der Waals surface area contributed by atoms with E-state index < -0.39 is 0 Å². The maximum atomic E-state index is 2.39. The Bertz CT molecular complexity index is 2820. The van der Waals surface area contributed by atoms with E-state index in [4.69, 9.17) is 0 Å². The molecule has 0 unspecified atom stereocenters. The Morgan fingerprint density at radius 3 is 1.34 bits per heavy atom. The van der Waals surface area contributed by atoms with Crippen LogP contribution in [0.3, 0.4) is 0 Å². The van der Waals surface area contributed by atoms with Crippen molar-refractivity contribution in [1.82, 2.24) is 0 Å². The number of benzene rings is 8. The molecule has 0 saturated heterocycles. The van der Waals surface area contributed by atoms with E-state index >= 15 is 0 Å². The molecule has 0 atom stereocenters. The van der Waals surface area contributed by atoms with Gasteiger partial charge in [0.1, 0.15) is 0 Å². The zero-order valence-electron chi connectivity index (χ0n) is 32.8. The predicted octanol–water partition coefficient (Wildman–Crippen LogP) is 14.5. The van der Waals surface area contributed by atoms with Crippen LogP contribution in [0.25, 0.3) is 33.0 Å². The van der Waals surface area contributed by atoms with Crippen molar-refractivity contribution in [2.24, 2.45) is 0 Å². The second-order valence-electron chi connectivity index (χ2n) is 15.5. The first-order chi connectivity index (χ1) is 27.2. The average Bonchev–Trinajstić information content (AvgIpc) is 3.20. The van der Waals surface area contributed by atoms with Gasteiger partial charge in [0, 0.05) is 81.5 Å². The number of para-hydroxylation sites is 2. The topological polar surface area (TPSA) is 13.0 Å². The highest BCUT2D eigenvalue weighted by atomic mass is 15.2. The molecule has 2 heterocycles. The second-order valence-corrected chi connectivity index (χ2v) is 15.5. The molecule has 4 nitrogen and oxygen atoms in total. The van der Waals surface area contributed by atoms with Crippen molar-refractivity contribution in [2.45, 2.75) is 27.7 Å². The Labute approximate surface area is 330 Å². The van der Waals surface area contributed by atoms with Crippen molar-refractivity contribution in [3.8, 4) is 22.3 Å². The number of rotatable bonds is 6. The summed E-state index contributed by atoms with van der Waals surface area (Å²) < 4.78 is 0. The summed E-state index contributed by atoms with van der Waals surface area (Å²) in [6.07, 6.45) is 0. The lowest BCUT2D eigenvalue weighted by Crippen LogP contribution is -2.20. The molecule has 0 bridgehead atoms. The molecule has 272 valence electrons. The summed E-state index contributed by atoms with van der Waals surface area (Å²) in [5.74, 6) is 0. The molecule has 4 heteroatoms. The highest BCUT2D eigenvalue weighted by molar-refractivity contribution is 6.23. The molecule has 10 rings (SSSR count). The third-order valence-corrected chi connectivity index (χ3v) is 11.7. The molecule has 0 fully saturated rings. The molecular formula is C52H44N4. The van der Waals surface area contributed by atoms with Crippen LogP contribution in [0.4, 0.5) is 56.9 Å². The van der Waals surface area contributed by atoms with E-state index in [0.29, 0.717) is 0 Å². The normalized spacial score (nSPS) is 12.4. The van der Waals surface area contributed by atoms with Gasteiger partial charge in [0.25, 0.3) is 0 Å². The molecule has 2 aliphatic rings. The molecule has 0 saturated carbocycles. The largest absolute Gasteiger partial charge is 0.344 e. The Morgan fingerprint density at radius 1 is 0.339 bits per heavy atom. The molecule has 56 heavy (non-hydrogen) atoms. The van der Waals surface area contributed by atoms with Crippen LogP contribution in [0.15, 0.2) is 158 Å². The first-order valence-electron chi connectivity index (χ1n) is 19.5. The lowest BCUT2D eigenvalue weighted by molar-refractivity contribution is 1.18. The van der Waals surface area contributed by atoms with E-state index in [2.05, 4.69) is 219 Å². The van der Waals surface area contributed by atoms with Gasteiger partial charge >= 0.3 is 0 Å². The van der Waals surface area contributed by atoms with Gasteiger partial charge in [-0.25, -0.2) is 0 Å². The van der Waals surface area contributed by atoms with Crippen molar-refractivity contribution in [1.29, 1.82) is 0 Å². The van der Waals surface area contributed by atoms with Crippen LogP contribution < -0.4 is 19.6 Å². The summed E-state index contributed by atoms with van der Waals surface area (Å²) >= 11 is 0. The van der Waals surface area contributed by atoms with E-state index in [1.807, 2.05) is 0 Å². The minimum atomic E-state index is 1.13. The van der Waals surface area contributed by atoms with Crippen LogP contribution in [0.5, 0.6) is 0 Å². The van der Waals surface area contributed by atoms with Gasteiger partial charge in [-0.2, -0.15) is 0 Å². The fourth-order valence-electron chi connectivity index (χ4n) is 9.22. The van der Waals surface area contributed by atoms with Crippen LogP contribution >= 0.6 is 0 Å². The Balaban J connectivity index is 1.11. The van der Waals surface area contributed by atoms with Gasteiger partial charge in [-0.3, -0.25) is 0 Å². The zero-order valence-corrected chi connectivity index (χ0v) is 32.8. The zero-order chi connectivity index (χ0) is 38.2. The van der Waals surface area contributed by atoms with Gasteiger partial charge in [0.05, 0.1) is 11.4 Å². The number of aryl methyl sites for hydroxylation is 4. The SMILES string of the molecule is Cc1cc(C)cc(N(c2ccccc2)c2ccc3c(c2)N(C)c2ccc4c5c(ccc-3c25)-c2ccc(N(c3ccccc3)c3ccc(C)cc3C)cc2N4C)c1. The Morgan fingerprint density at radius 2 is 0.821 bits per heavy atom. The fraction of sp³-hybridized carbons (Fsp3) is 0.115. The molecule has 0 aromatic heterocycles. The first-order valence-corrected chi connectivity index (χ1v) is 19.5. The Hall–Kier alpha value is -6.78. The van der Waals surface area contributed by atoms with Crippen molar-refractivity contribution in [3.63, 3.8) is 0 Å². The van der Waals surface area contributed by atoms with Gasteiger partial charge < -0.3 is 19.6 Å². The third-order valence-electron chi connectivity index (χ3n) is 11.7. The third kappa shape index (κ3) is 5.28. The standard InChI is InChI=1S/C52H44N4/c1-33-17-24-46(36(4)28-33)56(38-15-11-8-12-16-38)40-19-21-43-45-23-22-44-42-20-18-39(55(37-13-9-7-10-14-37)41-29-34(2)27-35(3)30-41)31-49(42)53(5)47-25-26-48(52(45)51(44)47)54(6)50(43)32-40/h7-32H,1-6H3. The van der Waals surface area contributed by atoms with Crippen LogP contribution in [0.1, 0.15) is 22.3 Å². The molecule has 0 radical (unpaired) electrons. The van der Waals surface area contributed by atoms with Gasteiger partial charge in [-0.05, 0) is 134 Å². The highest BCUT2D eigenvalue weighted by Gasteiger charge is 2.31. The summed E-state index contributed by atoms with van der Waals surface area (Å²) in [5.41, 5.74) is 21.8. The van der Waals surface area contributed by atoms with E-state index in [1.54, 1.807) is 0 Å². The smallest absolute Gasteiger partial charge is 0.0509 e. The molecule has 8 aromatic rings. The molecule has 2 aliphatic heterocycles. The van der Waals surface area contributed by atoms with Crippen LogP contribution in [0.2, 0.25) is 0 Å². The van der Waals surface area contributed by atoms with Crippen molar-refractivity contribution >= 4 is 67.6 Å². The number of anilines is 10. The average molecular weight is 725 g/mol. The van der Waals surface area contributed by atoms with E-state index in [-0.39, 0.29) is 0 Å². The quantitative estimate of drug-likeness (QED) is 0.169. The van der Waals surface area contributed by atoms with Gasteiger partial charge in [-0.1, -0.05) is 84.4 Å². The molecule has 0 aliphatic carbocycles. The van der Waals surface area contributed by atoms with Crippen molar-refractivity contribution < 1.29 is 0 Å². The molecule has 0 amide bonds. The maximum absolute atomic E-state index is 2.39. The summed E-state index contributed by atoms with van der Waals surface area (Å²) in [4.78, 5) is 9.54. The highest BCUT2D eigenvalue weighted by Crippen LogP contribution is 2.56. The summed E-state index contributed by atoms with van der Waals surface area (Å²) in [7, 11) is 4.44. The van der Waals surface area contributed by atoms with Gasteiger partial charge in [0.15, 0.2) is 0 Å². The molecule has 8 aromatic carbocycles. The van der Waals surface area contributed by atoms with E-state index in [1.165, 1.54) is 83.7 Å². The number of nitrogens with zero attached hydrogens (tertiary/aromatic N) is 4. The minimum absolute atomic E-state index is 1.13. The molecular weight excluding hydrogens is 681 g/mol. The lowest BCUT2D eigenvalue weighted by Gasteiger charge is -2.37. The summed E-state index contributed by atoms with van der Waals surface area (Å²) in [5, 5.41) is 2.61. The monoisotopic (exact) mass is 724 g/mol. The van der Waals surface area contributed by atoms with E-state index in [9.17, 15) is 0 Å². The van der Waals surface area contributed by atoms with Crippen molar-refractivity contribution in [2.75, 3.05) is 33.7 Å². The second kappa shape index (κ2) is 12.9.